The average molecular weight is 345 g/mol. The number of nitrogens with zero attached hydrogens (tertiary/aromatic N) is 5. The van der Waals surface area contributed by atoms with Crippen molar-refractivity contribution in [2.24, 2.45) is 0 Å². The summed E-state index contributed by atoms with van der Waals surface area (Å²) in [5.41, 5.74) is 1.07. The van der Waals surface area contributed by atoms with Crippen molar-refractivity contribution in [3.63, 3.8) is 0 Å². The second-order valence-electron chi connectivity index (χ2n) is 6.33. The molecule has 7 heteroatoms. The zero-order chi connectivity index (χ0) is 16.2. The maximum Gasteiger partial charge on any atom is 0.228 e. The summed E-state index contributed by atoms with van der Waals surface area (Å²) in [7, 11) is 0. The molecule has 1 atom stereocenters. The van der Waals surface area contributed by atoms with Crippen molar-refractivity contribution in [2.75, 3.05) is 24.6 Å². The van der Waals surface area contributed by atoms with Crippen molar-refractivity contribution in [1.29, 1.82) is 0 Å². The van der Waals surface area contributed by atoms with E-state index in [1.165, 1.54) is 12.8 Å². The molecule has 0 saturated carbocycles. The zero-order valence-electron chi connectivity index (χ0n) is 13.8. The Morgan fingerprint density at radius 1 is 1.17 bits per heavy atom. The SMILES string of the molecule is c1ccc(CSc2nnc(N3CCCC3)n2CC2CCCO2)nc1. The topological polar surface area (TPSA) is 56.1 Å². The molecule has 0 aliphatic carbocycles. The summed E-state index contributed by atoms with van der Waals surface area (Å²) in [6, 6.07) is 6.02. The van der Waals surface area contributed by atoms with Crippen LogP contribution in [0.3, 0.4) is 0 Å². The largest absolute Gasteiger partial charge is 0.376 e. The molecular weight excluding hydrogens is 322 g/mol. The lowest BCUT2D eigenvalue weighted by Gasteiger charge is -2.20. The molecule has 1 unspecified atom stereocenters. The minimum Gasteiger partial charge on any atom is -0.376 e. The van der Waals surface area contributed by atoms with E-state index in [1.54, 1.807) is 11.8 Å². The van der Waals surface area contributed by atoms with Crippen molar-refractivity contribution in [3.05, 3.63) is 30.1 Å². The summed E-state index contributed by atoms with van der Waals surface area (Å²) in [6.45, 7) is 3.88. The molecule has 4 heterocycles. The van der Waals surface area contributed by atoms with E-state index in [2.05, 4.69) is 30.7 Å². The van der Waals surface area contributed by atoms with Gasteiger partial charge in [-0.3, -0.25) is 9.55 Å². The van der Waals surface area contributed by atoms with Gasteiger partial charge in [-0.05, 0) is 37.8 Å². The predicted octanol–water partition coefficient (Wildman–Crippen LogP) is 2.74. The number of hydrogen-bond donors (Lipinski definition) is 0. The fraction of sp³-hybridized carbons (Fsp3) is 0.588. The molecule has 0 amide bonds. The number of aromatic nitrogens is 4. The molecular formula is C17H23N5OS. The minimum atomic E-state index is 0.288. The number of thioether (sulfide) groups is 1. The molecule has 6 nitrogen and oxygen atoms in total. The molecule has 0 bridgehead atoms. The third-order valence-electron chi connectivity index (χ3n) is 4.57. The van der Waals surface area contributed by atoms with Crippen LogP contribution in [-0.4, -0.2) is 45.5 Å². The quantitative estimate of drug-likeness (QED) is 0.751. The van der Waals surface area contributed by atoms with Gasteiger partial charge in [0.2, 0.25) is 5.95 Å². The molecule has 4 rings (SSSR count). The van der Waals surface area contributed by atoms with E-state index in [0.29, 0.717) is 0 Å². The third kappa shape index (κ3) is 3.57. The number of pyridine rings is 1. The molecule has 2 saturated heterocycles. The maximum absolute atomic E-state index is 5.85. The van der Waals surface area contributed by atoms with E-state index >= 15 is 0 Å². The Morgan fingerprint density at radius 2 is 2.08 bits per heavy atom. The summed E-state index contributed by atoms with van der Waals surface area (Å²) >= 11 is 1.71. The molecule has 0 radical (unpaired) electrons. The Bertz CT molecular complexity index is 650. The van der Waals surface area contributed by atoms with Gasteiger partial charge in [0.05, 0.1) is 18.3 Å². The molecule has 0 aromatic carbocycles. The van der Waals surface area contributed by atoms with Crippen LogP contribution in [0, 0.1) is 0 Å². The summed E-state index contributed by atoms with van der Waals surface area (Å²) in [6.07, 6.45) is 6.88. The lowest BCUT2D eigenvalue weighted by atomic mass is 10.2. The van der Waals surface area contributed by atoms with Crippen LogP contribution in [0.2, 0.25) is 0 Å². The van der Waals surface area contributed by atoms with Gasteiger partial charge in [0.1, 0.15) is 0 Å². The molecule has 0 N–H and O–H groups in total. The summed E-state index contributed by atoms with van der Waals surface area (Å²) in [5.74, 6) is 1.82. The highest BCUT2D eigenvalue weighted by Crippen LogP contribution is 2.28. The Hall–Kier alpha value is -1.60. The molecule has 24 heavy (non-hydrogen) atoms. The van der Waals surface area contributed by atoms with Crippen molar-refractivity contribution < 1.29 is 4.74 Å². The Labute approximate surface area is 146 Å². The number of ether oxygens (including phenoxy) is 1. The summed E-state index contributed by atoms with van der Waals surface area (Å²) < 4.78 is 8.10. The van der Waals surface area contributed by atoms with Gasteiger partial charge in [0, 0.05) is 31.6 Å². The molecule has 2 aromatic heterocycles. The lowest BCUT2D eigenvalue weighted by molar-refractivity contribution is 0.0952. The van der Waals surface area contributed by atoms with Crippen LogP contribution in [0.25, 0.3) is 0 Å². The van der Waals surface area contributed by atoms with Crippen molar-refractivity contribution in [1.82, 2.24) is 19.7 Å². The smallest absolute Gasteiger partial charge is 0.228 e. The van der Waals surface area contributed by atoms with E-state index in [1.807, 2.05) is 18.3 Å². The minimum absolute atomic E-state index is 0.288. The normalized spacial score (nSPS) is 20.8. The van der Waals surface area contributed by atoms with Gasteiger partial charge in [-0.2, -0.15) is 0 Å². The van der Waals surface area contributed by atoms with E-state index in [9.17, 15) is 0 Å². The standard InChI is InChI=1S/C17H23N5OS/c1-2-8-18-14(6-1)13-24-17-20-19-16(21-9-3-4-10-21)22(17)12-15-7-5-11-23-15/h1-2,6,8,15H,3-5,7,9-13H2. The first-order valence-corrected chi connectivity index (χ1v) is 9.71. The van der Waals surface area contributed by atoms with Crippen LogP contribution in [0.15, 0.2) is 29.6 Å². The van der Waals surface area contributed by atoms with Gasteiger partial charge in [-0.1, -0.05) is 17.8 Å². The van der Waals surface area contributed by atoms with Crippen LogP contribution in [-0.2, 0) is 17.0 Å². The average Bonchev–Trinajstić information content (AvgIpc) is 3.37. The predicted molar refractivity (Wildman–Crippen MR) is 94.2 cm³/mol. The van der Waals surface area contributed by atoms with Crippen LogP contribution in [0.1, 0.15) is 31.4 Å². The van der Waals surface area contributed by atoms with E-state index in [4.69, 9.17) is 4.74 Å². The highest BCUT2D eigenvalue weighted by molar-refractivity contribution is 7.98. The van der Waals surface area contributed by atoms with Crippen LogP contribution < -0.4 is 4.90 Å². The first kappa shape index (κ1) is 15.9. The fourth-order valence-electron chi connectivity index (χ4n) is 3.31. The van der Waals surface area contributed by atoms with Gasteiger partial charge in [0.25, 0.3) is 0 Å². The van der Waals surface area contributed by atoms with Crippen LogP contribution >= 0.6 is 11.8 Å². The summed E-state index contributed by atoms with van der Waals surface area (Å²) in [4.78, 5) is 6.75. The summed E-state index contributed by atoms with van der Waals surface area (Å²) in [5, 5.41) is 9.93. The second kappa shape index (κ2) is 7.53. The van der Waals surface area contributed by atoms with Gasteiger partial charge < -0.3 is 9.64 Å². The zero-order valence-corrected chi connectivity index (χ0v) is 14.6. The first-order chi connectivity index (χ1) is 11.9. The molecule has 2 aliphatic rings. The number of hydrogen-bond acceptors (Lipinski definition) is 6. The van der Waals surface area contributed by atoms with E-state index < -0.39 is 0 Å². The highest BCUT2D eigenvalue weighted by Gasteiger charge is 2.25. The van der Waals surface area contributed by atoms with Gasteiger partial charge in [-0.15, -0.1) is 10.2 Å². The first-order valence-electron chi connectivity index (χ1n) is 8.72. The molecule has 128 valence electrons. The Balaban J connectivity index is 1.53. The Kier molecular flexibility index (Phi) is 4.99. The third-order valence-corrected chi connectivity index (χ3v) is 5.57. The number of anilines is 1. The molecule has 0 spiro atoms. The molecule has 2 fully saturated rings. The Morgan fingerprint density at radius 3 is 2.83 bits per heavy atom. The maximum atomic E-state index is 5.85. The second-order valence-corrected chi connectivity index (χ2v) is 7.27. The van der Waals surface area contributed by atoms with Gasteiger partial charge in [-0.25, -0.2) is 0 Å². The van der Waals surface area contributed by atoms with Crippen molar-refractivity contribution >= 4 is 17.7 Å². The van der Waals surface area contributed by atoms with Gasteiger partial charge >= 0.3 is 0 Å². The van der Waals surface area contributed by atoms with Crippen LogP contribution in [0.4, 0.5) is 5.95 Å². The van der Waals surface area contributed by atoms with Crippen LogP contribution in [0.5, 0.6) is 0 Å². The lowest BCUT2D eigenvalue weighted by Crippen LogP contribution is -2.25. The van der Waals surface area contributed by atoms with Crippen molar-refractivity contribution in [3.8, 4) is 0 Å². The van der Waals surface area contributed by atoms with Crippen molar-refractivity contribution in [2.45, 2.75) is 49.2 Å². The number of rotatable bonds is 6. The molecule has 2 aliphatic heterocycles. The van der Waals surface area contributed by atoms with E-state index in [0.717, 1.165) is 61.6 Å². The highest BCUT2D eigenvalue weighted by atomic mass is 32.2. The van der Waals surface area contributed by atoms with E-state index in [-0.39, 0.29) is 6.10 Å². The fourth-order valence-corrected chi connectivity index (χ4v) is 4.17. The van der Waals surface area contributed by atoms with Gasteiger partial charge in [0.15, 0.2) is 5.16 Å². The monoisotopic (exact) mass is 345 g/mol. The molecule has 2 aromatic rings.